The summed E-state index contributed by atoms with van der Waals surface area (Å²) in [5, 5.41) is 6.48. The van der Waals surface area contributed by atoms with E-state index >= 15 is 0 Å². The van der Waals surface area contributed by atoms with E-state index < -0.39 is 0 Å². The summed E-state index contributed by atoms with van der Waals surface area (Å²) in [7, 11) is 0. The minimum absolute atomic E-state index is 0. The third kappa shape index (κ3) is 7.90. The van der Waals surface area contributed by atoms with Gasteiger partial charge in [-0.15, -0.1) is 24.8 Å². The lowest BCUT2D eigenvalue weighted by Crippen LogP contribution is -2.33. The molecular weight excluding hydrogens is 393 g/mol. The number of rotatable bonds is 6. The minimum atomic E-state index is 0. The fourth-order valence-electron chi connectivity index (χ4n) is 4.47. The van der Waals surface area contributed by atoms with Crippen molar-refractivity contribution in [3.63, 3.8) is 0 Å². The van der Waals surface area contributed by atoms with Gasteiger partial charge in [0, 0.05) is 25.2 Å². The van der Waals surface area contributed by atoms with Crippen LogP contribution in [0.15, 0.2) is 24.3 Å². The molecule has 1 aromatic carbocycles. The van der Waals surface area contributed by atoms with Crippen LogP contribution in [0.2, 0.25) is 0 Å². The first-order chi connectivity index (χ1) is 12.6. The summed E-state index contributed by atoms with van der Waals surface area (Å²) in [6.45, 7) is 10.2. The zero-order valence-electron chi connectivity index (χ0n) is 17.3. The topological polar surface area (TPSA) is 44.4 Å². The van der Waals surface area contributed by atoms with Gasteiger partial charge >= 0.3 is 0 Å². The normalized spacial score (nSPS) is 21.9. The second-order valence-electron chi connectivity index (χ2n) is 8.50. The van der Waals surface area contributed by atoms with Gasteiger partial charge in [-0.2, -0.15) is 0 Å². The molecule has 160 valence electrons. The van der Waals surface area contributed by atoms with Gasteiger partial charge < -0.3 is 10.6 Å². The number of carbonyl (C=O) groups excluding carboxylic acids is 1. The second kappa shape index (κ2) is 12.7. The van der Waals surface area contributed by atoms with Crippen molar-refractivity contribution in [2.45, 2.75) is 52.5 Å². The lowest BCUT2D eigenvalue weighted by molar-refractivity contribution is -0.117. The Kier molecular flexibility index (Phi) is 11.4. The number of amides is 1. The molecule has 2 fully saturated rings. The SMILES string of the molecule is CC1CCCN(Cc2ccc(NC(=O)CC(C)C3CCNCC3)cc2)C1.Cl.Cl. The zero-order chi connectivity index (χ0) is 18.4. The Labute approximate surface area is 183 Å². The van der Waals surface area contributed by atoms with Crippen LogP contribution < -0.4 is 10.6 Å². The largest absolute Gasteiger partial charge is 0.326 e. The summed E-state index contributed by atoms with van der Waals surface area (Å²) in [4.78, 5) is 14.9. The molecule has 28 heavy (non-hydrogen) atoms. The molecule has 6 heteroatoms. The highest BCUT2D eigenvalue weighted by molar-refractivity contribution is 5.90. The van der Waals surface area contributed by atoms with E-state index in [0.717, 1.165) is 31.2 Å². The van der Waals surface area contributed by atoms with Crippen LogP contribution in [0.5, 0.6) is 0 Å². The third-order valence-electron chi connectivity index (χ3n) is 6.08. The summed E-state index contributed by atoms with van der Waals surface area (Å²) in [5.74, 6) is 2.09. The number of halogens is 2. The van der Waals surface area contributed by atoms with Crippen molar-refractivity contribution >= 4 is 36.4 Å². The maximum Gasteiger partial charge on any atom is 0.224 e. The van der Waals surface area contributed by atoms with Gasteiger partial charge in [-0.1, -0.05) is 26.0 Å². The lowest BCUT2D eigenvalue weighted by Gasteiger charge is -2.30. The summed E-state index contributed by atoms with van der Waals surface area (Å²) in [6.07, 6.45) is 5.68. The summed E-state index contributed by atoms with van der Waals surface area (Å²) in [6, 6.07) is 8.42. The van der Waals surface area contributed by atoms with Crippen molar-refractivity contribution < 1.29 is 4.79 Å². The van der Waals surface area contributed by atoms with Gasteiger partial charge in [0.05, 0.1) is 0 Å². The van der Waals surface area contributed by atoms with Gasteiger partial charge in [-0.25, -0.2) is 0 Å². The van der Waals surface area contributed by atoms with E-state index in [2.05, 4.69) is 53.6 Å². The number of anilines is 1. The summed E-state index contributed by atoms with van der Waals surface area (Å²) >= 11 is 0. The van der Waals surface area contributed by atoms with E-state index in [4.69, 9.17) is 0 Å². The number of carbonyl (C=O) groups is 1. The molecule has 1 amide bonds. The highest BCUT2D eigenvalue weighted by atomic mass is 35.5. The van der Waals surface area contributed by atoms with E-state index in [1.165, 1.54) is 44.3 Å². The molecule has 0 bridgehead atoms. The lowest BCUT2D eigenvalue weighted by atomic mass is 9.84. The van der Waals surface area contributed by atoms with E-state index in [0.29, 0.717) is 18.3 Å². The number of nitrogens with zero attached hydrogens (tertiary/aromatic N) is 1. The number of likely N-dealkylation sites (tertiary alicyclic amines) is 1. The number of nitrogens with one attached hydrogen (secondary N) is 2. The van der Waals surface area contributed by atoms with Crippen molar-refractivity contribution in [2.75, 3.05) is 31.5 Å². The molecule has 2 heterocycles. The van der Waals surface area contributed by atoms with Crippen LogP contribution in [-0.2, 0) is 11.3 Å². The van der Waals surface area contributed by atoms with Crippen LogP contribution >= 0.6 is 24.8 Å². The smallest absolute Gasteiger partial charge is 0.224 e. The predicted octanol–water partition coefficient (Wildman–Crippen LogP) is 4.73. The van der Waals surface area contributed by atoms with Crippen molar-refractivity contribution in [2.24, 2.45) is 17.8 Å². The average molecular weight is 430 g/mol. The van der Waals surface area contributed by atoms with Crippen LogP contribution in [-0.4, -0.2) is 37.0 Å². The van der Waals surface area contributed by atoms with Crippen LogP contribution in [0, 0.1) is 17.8 Å². The molecule has 2 saturated heterocycles. The Hall–Kier alpha value is -0.810. The summed E-state index contributed by atoms with van der Waals surface area (Å²) < 4.78 is 0. The molecule has 2 unspecified atom stereocenters. The number of benzene rings is 1. The van der Waals surface area contributed by atoms with Gasteiger partial charge in [0.1, 0.15) is 0 Å². The van der Waals surface area contributed by atoms with E-state index in [-0.39, 0.29) is 30.7 Å². The Morgan fingerprint density at radius 3 is 2.50 bits per heavy atom. The number of hydrogen-bond acceptors (Lipinski definition) is 3. The second-order valence-corrected chi connectivity index (χ2v) is 8.50. The van der Waals surface area contributed by atoms with Crippen molar-refractivity contribution in [1.82, 2.24) is 10.2 Å². The Morgan fingerprint density at radius 1 is 1.18 bits per heavy atom. The first-order valence-electron chi connectivity index (χ1n) is 10.4. The third-order valence-corrected chi connectivity index (χ3v) is 6.08. The number of piperidine rings is 2. The van der Waals surface area contributed by atoms with Gasteiger partial charge in [-0.05, 0) is 80.8 Å². The quantitative estimate of drug-likeness (QED) is 0.686. The van der Waals surface area contributed by atoms with Gasteiger partial charge in [0.25, 0.3) is 0 Å². The molecule has 3 rings (SSSR count). The molecule has 2 aliphatic heterocycles. The Morgan fingerprint density at radius 2 is 1.86 bits per heavy atom. The molecule has 0 aromatic heterocycles. The van der Waals surface area contributed by atoms with Crippen LogP contribution in [0.25, 0.3) is 0 Å². The minimum Gasteiger partial charge on any atom is -0.326 e. The molecule has 1 aromatic rings. The molecule has 2 N–H and O–H groups in total. The molecule has 0 radical (unpaired) electrons. The van der Waals surface area contributed by atoms with Gasteiger partial charge in [0.2, 0.25) is 5.91 Å². The Bertz CT molecular complexity index is 576. The summed E-state index contributed by atoms with van der Waals surface area (Å²) in [5.41, 5.74) is 2.25. The van der Waals surface area contributed by atoms with E-state index in [1.807, 2.05) is 0 Å². The molecule has 0 saturated carbocycles. The van der Waals surface area contributed by atoms with Crippen molar-refractivity contribution in [3.8, 4) is 0 Å². The monoisotopic (exact) mass is 429 g/mol. The molecule has 2 atom stereocenters. The molecular formula is C22H37Cl2N3O. The maximum atomic E-state index is 12.4. The fraction of sp³-hybridized carbons (Fsp3) is 0.682. The molecule has 0 aliphatic carbocycles. The average Bonchev–Trinajstić information content (AvgIpc) is 2.64. The van der Waals surface area contributed by atoms with Crippen molar-refractivity contribution in [1.29, 1.82) is 0 Å². The van der Waals surface area contributed by atoms with E-state index in [1.54, 1.807) is 0 Å². The van der Waals surface area contributed by atoms with E-state index in [9.17, 15) is 4.79 Å². The number of hydrogen-bond donors (Lipinski definition) is 2. The van der Waals surface area contributed by atoms with Gasteiger partial charge in [0.15, 0.2) is 0 Å². The van der Waals surface area contributed by atoms with Crippen LogP contribution in [0.4, 0.5) is 5.69 Å². The highest BCUT2D eigenvalue weighted by Crippen LogP contribution is 2.25. The first-order valence-corrected chi connectivity index (χ1v) is 10.4. The highest BCUT2D eigenvalue weighted by Gasteiger charge is 2.22. The molecule has 4 nitrogen and oxygen atoms in total. The van der Waals surface area contributed by atoms with Crippen LogP contribution in [0.1, 0.15) is 51.5 Å². The zero-order valence-corrected chi connectivity index (χ0v) is 18.9. The van der Waals surface area contributed by atoms with Crippen molar-refractivity contribution in [3.05, 3.63) is 29.8 Å². The fourth-order valence-corrected chi connectivity index (χ4v) is 4.47. The molecule has 0 spiro atoms. The first kappa shape index (κ1) is 25.2. The predicted molar refractivity (Wildman–Crippen MR) is 123 cm³/mol. The molecule has 2 aliphatic rings. The maximum absolute atomic E-state index is 12.4. The standard InChI is InChI=1S/C22H35N3O.2ClH/c1-17-4-3-13-25(15-17)16-19-5-7-21(8-6-19)24-22(26)14-18(2)20-9-11-23-12-10-20;;/h5-8,17-18,20,23H,3-4,9-16H2,1-2H3,(H,24,26);2*1H. The van der Waals surface area contributed by atoms with Gasteiger partial charge in [-0.3, -0.25) is 9.69 Å². The van der Waals surface area contributed by atoms with Crippen LogP contribution in [0.3, 0.4) is 0 Å². The Balaban J connectivity index is 0.00000196.